The smallest absolute Gasteiger partial charge is 0.253 e. The molecule has 0 fully saturated rings. The van der Waals surface area contributed by atoms with Gasteiger partial charge in [0.15, 0.2) is 6.10 Å². The monoisotopic (exact) mass is 338 g/mol. The van der Waals surface area contributed by atoms with E-state index in [2.05, 4.69) is 5.16 Å². The predicted molar refractivity (Wildman–Crippen MR) is 97.0 cm³/mol. The molecule has 1 unspecified atom stereocenters. The summed E-state index contributed by atoms with van der Waals surface area (Å²) in [6.45, 7) is 3.10. The van der Waals surface area contributed by atoms with Crippen LogP contribution < -0.4 is 4.74 Å². The molecule has 0 aromatic heterocycles. The van der Waals surface area contributed by atoms with Crippen molar-refractivity contribution in [2.75, 3.05) is 20.2 Å². The number of ether oxygens (including phenoxy) is 1. The Labute approximate surface area is 147 Å². The van der Waals surface area contributed by atoms with Gasteiger partial charge in [-0.3, -0.25) is 4.79 Å². The van der Waals surface area contributed by atoms with Crippen molar-refractivity contribution in [1.29, 1.82) is 0 Å². The Morgan fingerprint density at radius 1 is 1.20 bits per heavy atom. The highest BCUT2D eigenvalue weighted by Crippen LogP contribution is 2.19. The Bertz CT molecular complexity index is 741. The van der Waals surface area contributed by atoms with Gasteiger partial charge in [0.2, 0.25) is 0 Å². The molecule has 0 bridgehead atoms. The van der Waals surface area contributed by atoms with Crippen molar-refractivity contribution in [2.45, 2.75) is 19.4 Å². The van der Waals surface area contributed by atoms with Crippen LogP contribution in [-0.2, 0) is 4.84 Å². The summed E-state index contributed by atoms with van der Waals surface area (Å²) in [5.41, 5.74) is 2.64. The summed E-state index contributed by atoms with van der Waals surface area (Å²) < 4.78 is 5.14. The number of oxime groups is 1. The molecule has 0 saturated carbocycles. The Balaban J connectivity index is 1.62. The summed E-state index contributed by atoms with van der Waals surface area (Å²) in [6, 6.07) is 17.1. The zero-order valence-corrected chi connectivity index (χ0v) is 14.5. The molecule has 130 valence electrons. The maximum atomic E-state index is 12.7. The molecular weight excluding hydrogens is 316 g/mol. The molecule has 2 aromatic carbocycles. The van der Waals surface area contributed by atoms with E-state index in [0.717, 1.165) is 17.0 Å². The van der Waals surface area contributed by atoms with E-state index >= 15 is 0 Å². The van der Waals surface area contributed by atoms with Gasteiger partial charge in [-0.15, -0.1) is 0 Å². The Morgan fingerprint density at radius 2 is 1.92 bits per heavy atom. The molecule has 1 amide bonds. The molecule has 0 N–H and O–H groups in total. The van der Waals surface area contributed by atoms with Gasteiger partial charge in [-0.1, -0.05) is 35.5 Å². The molecular formula is C20H22N2O3. The molecule has 0 saturated heterocycles. The maximum absolute atomic E-state index is 12.7. The maximum Gasteiger partial charge on any atom is 0.253 e. The van der Waals surface area contributed by atoms with Crippen molar-refractivity contribution in [3.63, 3.8) is 0 Å². The van der Waals surface area contributed by atoms with E-state index in [1.54, 1.807) is 36.3 Å². The molecule has 1 atom stereocenters. The van der Waals surface area contributed by atoms with E-state index in [1.807, 2.05) is 37.3 Å². The van der Waals surface area contributed by atoms with E-state index < -0.39 is 0 Å². The fourth-order valence-corrected chi connectivity index (χ4v) is 2.84. The lowest BCUT2D eigenvalue weighted by Crippen LogP contribution is -2.37. The van der Waals surface area contributed by atoms with Gasteiger partial charge in [0.05, 0.1) is 19.4 Å². The summed E-state index contributed by atoms with van der Waals surface area (Å²) in [5.74, 6) is 0.724. The van der Waals surface area contributed by atoms with Crippen LogP contribution in [0.1, 0.15) is 29.3 Å². The normalized spacial score (nSPS) is 16.1. The van der Waals surface area contributed by atoms with E-state index in [-0.39, 0.29) is 12.0 Å². The number of carbonyl (C=O) groups excluding carboxylic acids is 1. The summed E-state index contributed by atoms with van der Waals surface area (Å²) >= 11 is 0. The number of hydrogen-bond acceptors (Lipinski definition) is 4. The summed E-state index contributed by atoms with van der Waals surface area (Å²) in [7, 11) is 1.61. The van der Waals surface area contributed by atoms with Crippen LogP contribution in [0.25, 0.3) is 0 Å². The summed E-state index contributed by atoms with van der Waals surface area (Å²) in [6.07, 6.45) is 0.591. The third-order valence-corrected chi connectivity index (χ3v) is 4.27. The lowest BCUT2D eigenvalue weighted by molar-refractivity contribution is 0.0436. The number of methoxy groups -OCH3 is 1. The average molecular weight is 338 g/mol. The van der Waals surface area contributed by atoms with Crippen molar-refractivity contribution in [3.8, 4) is 5.75 Å². The van der Waals surface area contributed by atoms with Gasteiger partial charge in [-0.05, 0) is 36.8 Å². The number of nitrogens with zero attached hydrogens (tertiary/aromatic N) is 2. The van der Waals surface area contributed by atoms with Gasteiger partial charge in [-0.2, -0.15) is 0 Å². The molecule has 25 heavy (non-hydrogen) atoms. The molecule has 2 aromatic rings. The first-order valence-electron chi connectivity index (χ1n) is 8.42. The van der Waals surface area contributed by atoms with Gasteiger partial charge >= 0.3 is 0 Å². The lowest BCUT2D eigenvalue weighted by Gasteiger charge is -2.23. The Kier molecular flexibility index (Phi) is 5.33. The Morgan fingerprint density at radius 3 is 2.56 bits per heavy atom. The lowest BCUT2D eigenvalue weighted by atomic mass is 10.0. The largest absolute Gasteiger partial charge is 0.497 e. The highest BCUT2D eigenvalue weighted by molar-refractivity contribution is 6.01. The minimum absolute atomic E-state index is 0.0121. The van der Waals surface area contributed by atoms with E-state index in [1.165, 1.54) is 0 Å². The van der Waals surface area contributed by atoms with Crippen molar-refractivity contribution in [3.05, 3.63) is 65.7 Å². The fraction of sp³-hybridized carbons (Fsp3) is 0.300. The van der Waals surface area contributed by atoms with Crippen LogP contribution in [0, 0.1) is 0 Å². The molecule has 5 nitrogen and oxygen atoms in total. The van der Waals surface area contributed by atoms with Crippen LogP contribution >= 0.6 is 0 Å². The standard InChI is InChI=1S/C20H22N2O3/c1-3-22(20(23)16-9-11-17(24-2)12-10-16)14-18-13-19(21-25-18)15-7-5-4-6-8-15/h4-12,18H,3,13-14H2,1-2H3. The third-order valence-electron chi connectivity index (χ3n) is 4.27. The first-order valence-corrected chi connectivity index (χ1v) is 8.42. The SMILES string of the molecule is CCN(CC1CC(c2ccccc2)=NO1)C(=O)c1ccc(OC)cc1. The quantitative estimate of drug-likeness (QED) is 0.811. The van der Waals surface area contributed by atoms with Crippen LogP contribution in [0.4, 0.5) is 0 Å². The van der Waals surface area contributed by atoms with Gasteiger partial charge in [0, 0.05) is 18.5 Å². The highest BCUT2D eigenvalue weighted by atomic mass is 16.6. The molecule has 0 radical (unpaired) electrons. The van der Waals surface area contributed by atoms with E-state index in [4.69, 9.17) is 9.57 Å². The minimum Gasteiger partial charge on any atom is -0.497 e. The van der Waals surface area contributed by atoms with Gasteiger partial charge in [-0.25, -0.2) is 0 Å². The van der Waals surface area contributed by atoms with Crippen LogP contribution in [0.5, 0.6) is 5.75 Å². The van der Waals surface area contributed by atoms with E-state index in [9.17, 15) is 4.79 Å². The van der Waals surface area contributed by atoms with Crippen LogP contribution in [0.2, 0.25) is 0 Å². The van der Waals surface area contributed by atoms with Gasteiger partial charge in [0.1, 0.15) is 5.75 Å². The number of likely N-dealkylation sites (N-methyl/N-ethyl adjacent to an activating group) is 1. The predicted octanol–water partition coefficient (Wildman–Crippen LogP) is 3.35. The average Bonchev–Trinajstić information content (AvgIpc) is 3.15. The summed E-state index contributed by atoms with van der Waals surface area (Å²) in [5, 5.41) is 4.19. The molecule has 1 aliphatic rings. The molecule has 1 heterocycles. The summed E-state index contributed by atoms with van der Waals surface area (Å²) in [4.78, 5) is 20.0. The molecule has 0 aliphatic carbocycles. The Hall–Kier alpha value is -2.82. The molecule has 5 heteroatoms. The number of rotatable bonds is 6. The topological polar surface area (TPSA) is 51.1 Å². The minimum atomic E-state index is -0.114. The zero-order valence-electron chi connectivity index (χ0n) is 14.5. The van der Waals surface area contributed by atoms with Gasteiger partial charge < -0.3 is 14.5 Å². The van der Waals surface area contributed by atoms with E-state index in [0.29, 0.717) is 25.1 Å². The third kappa shape index (κ3) is 3.99. The molecule has 0 spiro atoms. The molecule has 3 rings (SSSR count). The van der Waals surface area contributed by atoms with Crippen LogP contribution in [0.3, 0.4) is 0 Å². The molecule has 1 aliphatic heterocycles. The second-order valence-electron chi connectivity index (χ2n) is 5.91. The van der Waals surface area contributed by atoms with Crippen molar-refractivity contribution < 1.29 is 14.4 Å². The second kappa shape index (κ2) is 7.83. The number of amides is 1. The number of hydrogen-bond donors (Lipinski definition) is 0. The first-order chi connectivity index (χ1) is 12.2. The van der Waals surface area contributed by atoms with Crippen LogP contribution in [0.15, 0.2) is 59.8 Å². The van der Waals surface area contributed by atoms with Crippen molar-refractivity contribution >= 4 is 11.6 Å². The second-order valence-corrected chi connectivity index (χ2v) is 5.91. The van der Waals surface area contributed by atoms with Crippen molar-refractivity contribution in [2.24, 2.45) is 5.16 Å². The highest BCUT2D eigenvalue weighted by Gasteiger charge is 2.26. The zero-order chi connectivity index (χ0) is 17.6. The van der Waals surface area contributed by atoms with Gasteiger partial charge in [0.25, 0.3) is 5.91 Å². The number of carbonyl (C=O) groups is 1. The van der Waals surface area contributed by atoms with Crippen molar-refractivity contribution in [1.82, 2.24) is 4.90 Å². The fourth-order valence-electron chi connectivity index (χ4n) is 2.84. The first kappa shape index (κ1) is 17.0. The number of benzene rings is 2. The van der Waals surface area contributed by atoms with Crippen LogP contribution in [-0.4, -0.2) is 42.8 Å².